The second-order valence-corrected chi connectivity index (χ2v) is 9.78. The summed E-state index contributed by atoms with van der Waals surface area (Å²) in [5.74, 6) is 1.09. The first-order valence-electron chi connectivity index (χ1n) is 12.2. The summed E-state index contributed by atoms with van der Waals surface area (Å²) in [5, 5.41) is 0. The summed E-state index contributed by atoms with van der Waals surface area (Å²) < 4.78 is 0. The number of hydrogen-bond donors (Lipinski definition) is 1. The molecule has 0 aromatic heterocycles. The largest absolute Gasteiger partial charge is 0.398 e. The molecule has 0 radical (unpaired) electrons. The molecule has 1 atom stereocenters. The smallest absolute Gasteiger partial charge is 0.0393 e. The minimum atomic E-state index is 0.450. The van der Waals surface area contributed by atoms with E-state index in [1.165, 1.54) is 33.4 Å². The van der Waals surface area contributed by atoms with Gasteiger partial charge in [0, 0.05) is 5.69 Å². The van der Waals surface area contributed by atoms with Gasteiger partial charge in [0.2, 0.25) is 0 Å². The van der Waals surface area contributed by atoms with E-state index in [0.717, 1.165) is 23.2 Å². The number of nitrogen functional groups attached to an aromatic ring is 1. The molecule has 1 aliphatic rings. The fraction of sp³-hybridized carbons (Fsp3) is 0.212. The normalized spacial score (nSPS) is 16.3. The van der Waals surface area contributed by atoms with Crippen LogP contribution in [0.25, 0.3) is 28.3 Å². The third kappa shape index (κ3) is 5.85. The van der Waals surface area contributed by atoms with Crippen molar-refractivity contribution in [1.82, 2.24) is 0 Å². The lowest BCUT2D eigenvalue weighted by atomic mass is 9.95. The molecule has 34 heavy (non-hydrogen) atoms. The summed E-state index contributed by atoms with van der Waals surface area (Å²) in [6.45, 7) is 8.97. The first kappa shape index (κ1) is 23.6. The molecule has 1 nitrogen and oxygen atoms in total. The van der Waals surface area contributed by atoms with E-state index < -0.39 is 0 Å². The van der Waals surface area contributed by atoms with E-state index in [9.17, 15) is 0 Å². The molecule has 1 unspecified atom stereocenters. The van der Waals surface area contributed by atoms with E-state index in [4.69, 9.17) is 5.73 Å². The fourth-order valence-electron chi connectivity index (χ4n) is 4.50. The Bertz CT molecular complexity index is 1270. The van der Waals surface area contributed by atoms with Crippen LogP contribution in [0.3, 0.4) is 0 Å². The fourth-order valence-corrected chi connectivity index (χ4v) is 4.50. The highest BCUT2D eigenvalue weighted by molar-refractivity contribution is 5.78. The van der Waals surface area contributed by atoms with Gasteiger partial charge in [0.15, 0.2) is 0 Å². The number of benzene rings is 3. The van der Waals surface area contributed by atoms with Crippen molar-refractivity contribution in [2.24, 2.45) is 11.8 Å². The average Bonchev–Trinajstić information content (AvgIpc) is 3.01. The van der Waals surface area contributed by atoms with Crippen LogP contribution >= 0.6 is 0 Å². The van der Waals surface area contributed by atoms with Crippen molar-refractivity contribution in [3.8, 4) is 22.3 Å². The van der Waals surface area contributed by atoms with Crippen LogP contribution in [0.4, 0.5) is 5.69 Å². The minimum absolute atomic E-state index is 0.450. The summed E-state index contributed by atoms with van der Waals surface area (Å²) in [6.07, 6.45) is 12.6. The molecular weight excluding hydrogens is 410 g/mol. The first-order chi connectivity index (χ1) is 16.4. The lowest BCUT2D eigenvalue weighted by Crippen LogP contribution is -1.93. The summed E-state index contributed by atoms with van der Waals surface area (Å²) in [7, 11) is 0. The zero-order valence-electron chi connectivity index (χ0n) is 20.8. The maximum Gasteiger partial charge on any atom is 0.0393 e. The van der Waals surface area contributed by atoms with Crippen LogP contribution in [-0.4, -0.2) is 0 Å². The molecule has 0 bridgehead atoms. The Kier molecular flexibility index (Phi) is 7.33. The molecule has 1 heteroatoms. The molecule has 1 aliphatic carbocycles. The van der Waals surface area contributed by atoms with Crippen LogP contribution in [0, 0.1) is 11.8 Å². The van der Waals surface area contributed by atoms with Gasteiger partial charge in [-0.2, -0.15) is 0 Å². The van der Waals surface area contributed by atoms with Gasteiger partial charge in [-0.15, -0.1) is 0 Å². The van der Waals surface area contributed by atoms with Gasteiger partial charge in [-0.1, -0.05) is 111 Å². The molecule has 0 heterocycles. The van der Waals surface area contributed by atoms with E-state index in [1.54, 1.807) is 0 Å². The number of nitrogens with two attached hydrogens (primary N) is 1. The Morgan fingerprint density at radius 3 is 2.26 bits per heavy atom. The zero-order valence-corrected chi connectivity index (χ0v) is 20.8. The van der Waals surface area contributed by atoms with Crippen molar-refractivity contribution in [3.63, 3.8) is 0 Å². The molecular formula is C33H35N. The van der Waals surface area contributed by atoms with Crippen LogP contribution in [0.15, 0.2) is 114 Å². The molecule has 2 N–H and O–H groups in total. The van der Waals surface area contributed by atoms with Gasteiger partial charge in [0.1, 0.15) is 0 Å². The van der Waals surface area contributed by atoms with Gasteiger partial charge in [-0.25, -0.2) is 0 Å². The first-order valence-corrected chi connectivity index (χ1v) is 12.2. The van der Waals surface area contributed by atoms with Crippen molar-refractivity contribution in [2.45, 2.75) is 34.1 Å². The Morgan fingerprint density at radius 2 is 1.56 bits per heavy atom. The van der Waals surface area contributed by atoms with Crippen LogP contribution in [-0.2, 0) is 0 Å². The Morgan fingerprint density at radius 1 is 0.882 bits per heavy atom. The van der Waals surface area contributed by atoms with E-state index in [1.807, 2.05) is 6.07 Å². The average molecular weight is 446 g/mol. The van der Waals surface area contributed by atoms with Crippen molar-refractivity contribution < 1.29 is 0 Å². The molecule has 4 rings (SSSR count). The van der Waals surface area contributed by atoms with Crippen molar-refractivity contribution in [3.05, 3.63) is 119 Å². The number of rotatable bonds is 6. The van der Waals surface area contributed by atoms with Crippen molar-refractivity contribution >= 4 is 11.8 Å². The van der Waals surface area contributed by atoms with Gasteiger partial charge >= 0.3 is 0 Å². The van der Waals surface area contributed by atoms with Crippen LogP contribution in [0.1, 0.15) is 39.7 Å². The Labute approximate surface area is 205 Å². The second-order valence-electron chi connectivity index (χ2n) is 9.78. The molecule has 0 saturated carbocycles. The molecule has 0 amide bonds. The predicted octanol–water partition coefficient (Wildman–Crippen LogP) is 9.11. The lowest BCUT2D eigenvalue weighted by Gasteiger charge is -2.11. The monoisotopic (exact) mass is 445 g/mol. The van der Waals surface area contributed by atoms with E-state index >= 15 is 0 Å². The van der Waals surface area contributed by atoms with E-state index in [-0.39, 0.29) is 0 Å². The van der Waals surface area contributed by atoms with Gasteiger partial charge in [-0.05, 0) is 82.4 Å². The van der Waals surface area contributed by atoms with E-state index in [0.29, 0.717) is 11.8 Å². The molecule has 0 spiro atoms. The summed E-state index contributed by atoms with van der Waals surface area (Å²) in [5.41, 5.74) is 17.0. The molecule has 3 aromatic rings. The summed E-state index contributed by atoms with van der Waals surface area (Å²) >= 11 is 0. The molecule has 3 aromatic carbocycles. The summed E-state index contributed by atoms with van der Waals surface area (Å²) in [6, 6.07) is 25.5. The highest BCUT2D eigenvalue weighted by Crippen LogP contribution is 2.31. The third-order valence-corrected chi connectivity index (χ3v) is 6.26. The lowest BCUT2D eigenvalue weighted by molar-refractivity contribution is 0.646. The topological polar surface area (TPSA) is 26.0 Å². The quantitative estimate of drug-likeness (QED) is 0.376. The highest BCUT2D eigenvalue weighted by Gasteiger charge is 2.09. The number of anilines is 1. The molecule has 172 valence electrons. The van der Waals surface area contributed by atoms with Crippen molar-refractivity contribution in [2.75, 3.05) is 5.73 Å². The SMILES string of the molecule is C/C(=C\c1ccc(-c2cccc(-c3ccccc3)c2)cc1N)C1=CC(CC(C)C)=CC(C)C=C1. The van der Waals surface area contributed by atoms with E-state index in [2.05, 4.69) is 125 Å². The predicted molar refractivity (Wildman–Crippen MR) is 149 cm³/mol. The number of allylic oxidation sites excluding steroid dienone is 7. The maximum atomic E-state index is 6.54. The molecule has 0 fully saturated rings. The van der Waals surface area contributed by atoms with Crippen LogP contribution < -0.4 is 5.73 Å². The Balaban J connectivity index is 1.61. The molecule has 0 aliphatic heterocycles. The highest BCUT2D eigenvalue weighted by atomic mass is 14.6. The standard InChI is InChI=1S/C33H35N/c1-23(2)17-26-18-24(3)13-14-28(20-26)25(4)19-32-16-15-31(22-33(32)34)30-12-8-11-29(21-30)27-9-6-5-7-10-27/h5-16,18-24H,17,34H2,1-4H3/b25-19+. The Hall–Kier alpha value is -3.58. The van der Waals surface area contributed by atoms with Crippen LogP contribution in [0.2, 0.25) is 0 Å². The van der Waals surface area contributed by atoms with Crippen molar-refractivity contribution in [1.29, 1.82) is 0 Å². The second kappa shape index (κ2) is 10.6. The van der Waals surface area contributed by atoms with Crippen LogP contribution in [0.5, 0.6) is 0 Å². The van der Waals surface area contributed by atoms with Gasteiger partial charge in [0.05, 0.1) is 0 Å². The summed E-state index contributed by atoms with van der Waals surface area (Å²) in [4.78, 5) is 0. The number of hydrogen-bond acceptors (Lipinski definition) is 1. The third-order valence-electron chi connectivity index (χ3n) is 6.26. The molecule has 0 saturated heterocycles. The minimum Gasteiger partial charge on any atom is -0.398 e. The maximum absolute atomic E-state index is 6.54. The van der Waals surface area contributed by atoms with Gasteiger partial charge in [-0.3, -0.25) is 0 Å². The van der Waals surface area contributed by atoms with Gasteiger partial charge < -0.3 is 5.73 Å². The van der Waals surface area contributed by atoms with Gasteiger partial charge in [0.25, 0.3) is 0 Å². The zero-order chi connectivity index (χ0) is 24.1.